The van der Waals surface area contributed by atoms with Gasteiger partial charge in [-0.05, 0) is 18.4 Å². The van der Waals surface area contributed by atoms with Gasteiger partial charge in [0.15, 0.2) is 5.69 Å². The molecule has 0 saturated heterocycles. The van der Waals surface area contributed by atoms with Crippen LogP contribution in [0.2, 0.25) is 0 Å². The number of carbonyl (C=O) groups is 1. The average molecular weight is 333 g/mol. The van der Waals surface area contributed by atoms with E-state index in [0.717, 1.165) is 4.88 Å². The largest absolute Gasteiger partial charge is 0.748 e. The van der Waals surface area contributed by atoms with Crippen LogP contribution in [0.1, 0.15) is 20.2 Å². The number of carbonyl (C=O) groups excluding carboxylic acids is 1. The first-order valence-electron chi connectivity index (χ1n) is 5.60. The quantitative estimate of drug-likeness (QED) is 0.487. The number of aromatic nitrogens is 1. The van der Waals surface area contributed by atoms with E-state index in [4.69, 9.17) is 13.0 Å². The number of aryl methyl sites for hydroxylation is 1. The first-order valence-corrected chi connectivity index (χ1v) is 9.17. The second-order valence-electron chi connectivity index (χ2n) is 4.10. The number of nitrogens with zero attached hydrogens (tertiary/aromatic N) is 1. The van der Waals surface area contributed by atoms with Crippen molar-refractivity contribution in [3.63, 3.8) is 0 Å². The van der Waals surface area contributed by atoms with Gasteiger partial charge in [-0.2, -0.15) is 4.57 Å². The summed E-state index contributed by atoms with van der Waals surface area (Å²) < 4.78 is 29.2. The Labute approximate surface area is 126 Å². The van der Waals surface area contributed by atoms with Crippen LogP contribution in [-0.2, 0) is 16.7 Å². The zero-order chi connectivity index (χ0) is 15.3. The first kappa shape index (κ1) is 17.0. The lowest BCUT2D eigenvalue weighted by Gasteiger charge is -1.93. The van der Waals surface area contributed by atoms with Crippen molar-refractivity contribution < 1.29 is 22.3 Å². The zero-order valence-electron chi connectivity index (χ0n) is 11.3. The van der Waals surface area contributed by atoms with Crippen LogP contribution in [0, 0.1) is 13.8 Å². The summed E-state index contributed by atoms with van der Waals surface area (Å²) in [7, 11) is -3.92. The summed E-state index contributed by atoms with van der Waals surface area (Å²) in [6.07, 6.45) is 0.604. The van der Waals surface area contributed by atoms with E-state index in [0.29, 0.717) is 12.8 Å². The Balaban J connectivity index is 0.000000347. The molecule has 0 aliphatic rings. The van der Waals surface area contributed by atoms with Gasteiger partial charge in [0, 0.05) is 13.2 Å². The summed E-state index contributed by atoms with van der Waals surface area (Å²) in [5.74, 6) is 0.191. The molecule has 2 aromatic heterocycles. The van der Waals surface area contributed by atoms with Crippen LogP contribution >= 0.6 is 22.7 Å². The topological polar surface area (TPSA) is 78.2 Å². The summed E-state index contributed by atoms with van der Waals surface area (Å²) in [6.45, 7) is 4.58. The SMILES string of the molecule is CS(=O)(=O)[O-].Cc1sc[n+](CC(=O)c2cccs2)c1C. The van der Waals surface area contributed by atoms with Crippen LogP contribution in [-0.4, -0.2) is 25.0 Å². The van der Waals surface area contributed by atoms with Crippen LogP contribution in [0.4, 0.5) is 0 Å². The van der Waals surface area contributed by atoms with E-state index < -0.39 is 10.1 Å². The van der Waals surface area contributed by atoms with Crippen molar-refractivity contribution >= 4 is 38.6 Å². The zero-order valence-corrected chi connectivity index (χ0v) is 13.8. The third-order valence-corrected chi connectivity index (χ3v) is 4.33. The van der Waals surface area contributed by atoms with Crippen molar-refractivity contribution in [3.8, 4) is 0 Å². The summed E-state index contributed by atoms with van der Waals surface area (Å²) in [5, 5.41) is 1.93. The van der Waals surface area contributed by atoms with E-state index in [-0.39, 0.29) is 5.78 Å². The third-order valence-electron chi connectivity index (χ3n) is 2.41. The molecule has 0 amide bonds. The lowest BCUT2D eigenvalue weighted by atomic mass is 10.3. The number of rotatable bonds is 3. The van der Waals surface area contributed by atoms with Gasteiger partial charge in [0.2, 0.25) is 17.8 Å². The van der Waals surface area contributed by atoms with Crippen molar-refractivity contribution in [2.45, 2.75) is 20.4 Å². The molecule has 0 aromatic carbocycles. The van der Waals surface area contributed by atoms with Crippen LogP contribution in [0.3, 0.4) is 0 Å². The highest BCUT2D eigenvalue weighted by Crippen LogP contribution is 2.11. The van der Waals surface area contributed by atoms with Gasteiger partial charge in [0.05, 0.1) is 19.9 Å². The molecule has 0 unspecified atom stereocenters. The summed E-state index contributed by atoms with van der Waals surface area (Å²) in [6, 6.07) is 3.79. The van der Waals surface area contributed by atoms with E-state index >= 15 is 0 Å². The maximum absolute atomic E-state index is 11.8. The van der Waals surface area contributed by atoms with Gasteiger partial charge in [-0.25, -0.2) is 8.42 Å². The fourth-order valence-electron chi connectivity index (χ4n) is 1.33. The number of hydrogen-bond donors (Lipinski definition) is 0. The molecule has 0 saturated carbocycles. The molecule has 0 atom stereocenters. The Bertz CT molecular complexity index is 664. The molecule has 0 N–H and O–H groups in total. The Morgan fingerprint density at radius 3 is 2.35 bits per heavy atom. The van der Waals surface area contributed by atoms with E-state index in [2.05, 4.69) is 6.92 Å². The number of Topliss-reactive ketones (excluding diaryl/α,β-unsaturated/α-hetero) is 1. The predicted octanol–water partition coefficient (Wildman–Crippen LogP) is 1.76. The minimum absolute atomic E-state index is 0.191. The van der Waals surface area contributed by atoms with Crippen LogP contribution < -0.4 is 4.57 Å². The van der Waals surface area contributed by atoms with Gasteiger partial charge in [-0.1, -0.05) is 17.4 Å². The van der Waals surface area contributed by atoms with Crippen LogP contribution in [0.5, 0.6) is 0 Å². The second-order valence-corrected chi connectivity index (χ2v) is 7.51. The van der Waals surface area contributed by atoms with Crippen molar-refractivity contribution in [1.82, 2.24) is 0 Å². The molecule has 5 nitrogen and oxygen atoms in total. The van der Waals surface area contributed by atoms with Crippen LogP contribution in [0.15, 0.2) is 23.0 Å². The Morgan fingerprint density at radius 2 is 1.95 bits per heavy atom. The van der Waals surface area contributed by atoms with Gasteiger partial charge in [-0.3, -0.25) is 4.79 Å². The highest BCUT2D eigenvalue weighted by Gasteiger charge is 2.17. The standard InChI is InChI=1S/C11H12NOS2.CH4O3S/c1-8-9(2)15-7-12(8)6-10(13)11-4-3-5-14-11;1-5(2,3)4/h3-5,7H,6H2,1-2H3;1H3,(H,2,3,4)/q+1;/p-1. The molecule has 0 spiro atoms. The lowest BCUT2D eigenvalue weighted by Crippen LogP contribution is -2.38. The second kappa shape index (κ2) is 7.07. The molecule has 20 heavy (non-hydrogen) atoms. The minimum atomic E-state index is -3.92. The lowest BCUT2D eigenvalue weighted by molar-refractivity contribution is -0.684. The van der Waals surface area contributed by atoms with E-state index in [9.17, 15) is 4.79 Å². The molecular weight excluding hydrogens is 318 g/mol. The molecule has 8 heteroatoms. The molecule has 0 fully saturated rings. The number of thiophene rings is 1. The van der Waals surface area contributed by atoms with Crippen molar-refractivity contribution in [3.05, 3.63) is 38.5 Å². The van der Waals surface area contributed by atoms with Gasteiger partial charge < -0.3 is 4.55 Å². The molecule has 2 rings (SSSR count). The maximum atomic E-state index is 11.8. The summed E-state index contributed by atoms with van der Waals surface area (Å²) >= 11 is 3.19. The Morgan fingerprint density at radius 1 is 1.35 bits per heavy atom. The van der Waals surface area contributed by atoms with E-state index in [1.54, 1.807) is 11.3 Å². The molecule has 0 bridgehead atoms. The molecule has 110 valence electrons. The summed E-state index contributed by atoms with van der Waals surface area (Å²) in [5.41, 5.74) is 3.20. The number of ketones is 1. The number of hydrogen-bond acceptors (Lipinski definition) is 6. The Hall–Kier alpha value is -1.09. The van der Waals surface area contributed by atoms with Gasteiger partial charge in [0.25, 0.3) is 0 Å². The molecule has 0 radical (unpaired) electrons. The van der Waals surface area contributed by atoms with Gasteiger partial charge in [0.1, 0.15) is 0 Å². The fraction of sp³-hybridized carbons (Fsp3) is 0.333. The van der Waals surface area contributed by atoms with Crippen molar-refractivity contribution in [1.29, 1.82) is 0 Å². The smallest absolute Gasteiger partial charge is 0.237 e. The molecule has 0 aliphatic carbocycles. The monoisotopic (exact) mass is 333 g/mol. The summed E-state index contributed by atoms with van der Waals surface area (Å²) in [4.78, 5) is 13.9. The van der Waals surface area contributed by atoms with Crippen LogP contribution in [0.25, 0.3) is 0 Å². The third kappa shape index (κ3) is 5.91. The normalized spacial score (nSPS) is 10.8. The van der Waals surface area contributed by atoms with E-state index in [1.165, 1.54) is 21.9 Å². The van der Waals surface area contributed by atoms with Gasteiger partial charge >= 0.3 is 0 Å². The van der Waals surface area contributed by atoms with E-state index in [1.807, 2.05) is 34.5 Å². The number of thiazole rings is 1. The highest BCUT2D eigenvalue weighted by atomic mass is 32.2. The predicted molar refractivity (Wildman–Crippen MR) is 78.3 cm³/mol. The molecule has 2 aromatic rings. The molecule has 0 aliphatic heterocycles. The Kier molecular flexibility index (Phi) is 6.00. The van der Waals surface area contributed by atoms with Crippen molar-refractivity contribution in [2.75, 3.05) is 6.26 Å². The van der Waals surface area contributed by atoms with Crippen molar-refractivity contribution in [2.24, 2.45) is 0 Å². The van der Waals surface area contributed by atoms with Gasteiger partial charge in [-0.15, -0.1) is 11.3 Å². The molecular formula is C12H15NO4S3. The molecule has 2 heterocycles. The highest BCUT2D eigenvalue weighted by molar-refractivity contribution is 7.84. The first-order chi connectivity index (χ1) is 9.18. The maximum Gasteiger partial charge on any atom is 0.237 e. The average Bonchev–Trinajstić information content (AvgIpc) is 2.92. The minimum Gasteiger partial charge on any atom is -0.748 e. The fourth-order valence-corrected chi connectivity index (χ4v) is 2.80.